The minimum atomic E-state index is 0.0113. The van der Waals surface area contributed by atoms with Crippen LogP contribution in [-0.4, -0.2) is 25.8 Å². The molecule has 0 aromatic rings. The van der Waals surface area contributed by atoms with Crippen molar-refractivity contribution >= 4 is 0 Å². The smallest absolute Gasteiger partial charge is 0.0750 e. The molecule has 0 unspecified atom stereocenters. The lowest BCUT2D eigenvalue weighted by molar-refractivity contribution is -0.0206. The van der Waals surface area contributed by atoms with E-state index in [1.807, 2.05) is 7.05 Å². The molecule has 0 atom stereocenters. The van der Waals surface area contributed by atoms with Gasteiger partial charge in [0, 0.05) is 6.54 Å². The Morgan fingerprint density at radius 3 is 2.55 bits per heavy atom. The van der Waals surface area contributed by atoms with E-state index in [2.05, 4.69) is 19.2 Å². The monoisotopic (exact) mass is 157 g/mol. The molecule has 2 heteroatoms. The highest BCUT2D eigenvalue weighted by Crippen LogP contribution is 2.30. The Bertz CT molecular complexity index is 119. The first-order valence-corrected chi connectivity index (χ1v) is 4.42. The summed E-state index contributed by atoms with van der Waals surface area (Å²) in [6.45, 7) is 6.14. The van der Waals surface area contributed by atoms with Gasteiger partial charge in [0.15, 0.2) is 0 Å². The normalized spacial score (nSPS) is 18.8. The van der Waals surface area contributed by atoms with Gasteiger partial charge in [0.05, 0.1) is 12.2 Å². The highest BCUT2D eigenvalue weighted by atomic mass is 16.5. The first kappa shape index (κ1) is 9.01. The molecule has 2 nitrogen and oxygen atoms in total. The maximum absolute atomic E-state index is 5.73. The summed E-state index contributed by atoms with van der Waals surface area (Å²) < 4.78 is 5.73. The van der Waals surface area contributed by atoms with Crippen molar-refractivity contribution in [3.05, 3.63) is 0 Å². The lowest BCUT2D eigenvalue weighted by Gasteiger charge is -2.24. The van der Waals surface area contributed by atoms with E-state index in [4.69, 9.17) is 4.74 Å². The predicted octanol–water partition coefficient (Wildman–Crippen LogP) is 1.41. The molecule has 11 heavy (non-hydrogen) atoms. The Balaban J connectivity index is 2.09. The lowest BCUT2D eigenvalue weighted by atomic mass is 10.1. The van der Waals surface area contributed by atoms with Gasteiger partial charge in [-0.2, -0.15) is 0 Å². The Morgan fingerprint density at radius 2 is 2.09 bits per heavy atom. The van der Waals surface area contributed by atoms with Crippen LogP contribution in [-0.2, 0) is 4.74 Å². The molecule has 1 fully saturated rings. The van der Waals surface area contributed by atoms with E-state index in [0.29, 0.717) is 0 Å². The Kier molecular flexibility index (Phi) is 2.90. The first-order chi connectivity index (χ1) is 5.14. The molecule has 0 heterocycles. The van der Waals surface area contributed by atoms with Gasteiger partial charge in [-0.3, -0.25) is 0 Å². The molecule has 1 saturated carbocycles. The van der Waals surface area contributed by atoms with Crippen molar-refractivity contribution in [2.45, 2.75) is 32.3 Å². The SMILES string of the molecule is CNCC(C)(C)OCC1CC1. The maximum Gasteiger partial charge on any atom is 0.0750 e. The van der Waals surface area contributed by atoms with Gasteiger partial charge in [0.2, 0.25) is 0 Å². The molecule has 0 spiro atoms. The van der Waals surface area contributed by atoms with Crippen LogP contribution in [0.15, 0.2) is 0 Å². The predicted molar refractivity (Wildman–Crippen MR) is 46.7 cm³/mol. The van der Waals surface area contributed by atoms with Crippen molar-refractivity contribution in [1.29, 1.82) is 0 Å². The zero-order valence-corrected chi connectivity index (χ0v) is 7.81. The fraction of sp³-hybridized carbons (Fsp3) is 1.00. The van der Waals surface area contributed by atoms with Crippen LogP contribution in [0.3, 0.4) is 0 Å². The summed E-state index contributed by atoms with van der Waals surface area (Å²) in [5, 5.41) is 3.13. The van der Waals surface area contributed by atoms with Crippen molar-refractivity contribution in [3.63, 3.8) is 0 Å². The Morgan fingerprint density at radius 1 is 1.45 bits per heavy atom. The largest absolute Gasteiger partial charge is 0.374 e. The zero-order valence-electron chi connectivity index (χ0n) is 7.81. The van der Waals surface area contributed by atoms with Crippen molar-refractivity contribution in [3.8, 4) is 0 Å². The van der Waals surface area contributed by atoms with Crippen molar-refractivity contribution in [2.75, 3.05) is 20.2 Å². The van der Waals surface area contributed by atoms with Gasteiger partial charge >= 0.3 is 0 Å². The molecule has 0 amide bonds. The van der Waals surface area contributed by atoms with Crippen molar-refractivity contribution in [2.24, 2.45) is 5.92 Å². The van der Waals surface area contributed by atoms with E-state index in [0.717, 1.165) is 19.1 Å². The topological polar surface area (TPSA) is 21.3 Å². The average Bonchev–Trinajstić information content (AvgIpc) is 2.65. The van der Waals surface area contributed by atoms with Crippen LogP contribution in [0, 0.1) is 5.92 Å². The number of rotatable bonds is 5. The number of hydrogen-bond acceptors (Lipinski definition) is 2. The Labute approximate surface area is 69.3 Å². The highest BCUT2D eigenvalue weighted by molar-refractivity contribution is 4.76. The standard InChI is InChI=1S/C9H19NO/c1-9(2,7-10-3)11-6-8-4-5-8/h8,10H,4-7H2,1-3H3. The van der Waals surface area contributed by atoms with Crippen LogP contribution in [0.5, 0.6) is 0 Å². The summed E-state index contributed by atoms with van der Waals surface area (Å²) in [6.07, 6.45) is 2.74. The van der Waals surface area contributed by atoms with Gasteiger partial charge in [-0.25, -0.2) is 0 Å². The second-order valence-corrected chi connectivity index (χ2v) is 4.04. The molecule has 0 aromatic carbocycles. The molecule has 0 aliphatic heterocycles. The van der Waals surface area contributed by atoms with E-state index in [1.165, 1.54) is 12.8 Å². The molecular formula is C9H19NO. The molecule has 0 bridgehead atoms. The zero-order chi connectivity index (χ0) is 8.32. The number of likely N-dealkylation sites (N-methyl/N-ethyl adjacent to an activating group) is 1. The fourth-order valence-electron chi connectivity index (χ4n) is 1.10. The third-order valence-corrected chi connectivity index (χ3v) is 2.01. The second-order valence-electron chi connectivity index (χ2n) is 4.04. The average molecular weight is 157 g/mol. The van der Waals surface area contributed by atoms with Gasteiger partial charge in [0.25, 0.3) is 0 Å². The molecular weight excluding hydrogens is 138 g/mol. The molecule has 0 radical (unpaired) electrons. The number of hydrogen-bond donors (Lipinski definition) is 1. The summed E-state index contributed by atoms with van der Waals surface area (Å²) in [4.78, 5) is 0. The summed E-state index contributed by atoms with van der Waals surface area (Å²) in [5.74, 6) is 0.867. The summed E-state index contributed by atoms with van der Waals surface area (Å²) >= 11 is 0. The summed E-state index contributed by atoms with van der Waals surface area (Å²) in [7, 11) is 1.96. The Hall–Kier alpha value is -0.0800. The first-order valence-electron chi connectivity index (χ1n) is 4.42. The summed E-state index contributed by atoms with van der Waals surface area (Å²) in [6, 6.07) is 0. The van der Waals surface area contributed by atoms with E-state index in [-0.39, 0.29) is 5.60 Å². The van der Waals surface area contributed by atoms with Gasteiger partial charge < -0.3 is 10.1 Å². The van der Waals surface area contributed by atoms with E-state index in [1.54, 1.807) is 0 Å². The third kappa shape index (κ3) is 3.73. The third-order valence-electron chi connectivity index (χ3n) is 2.01. The van der Waals surface area contributed by atoms with Crippen molar-refractivity contribution < 1.29 is 4.74 Å². The highest BCUT2D eigenvalue weighted by Gasteiger charge is 2.25. The van der Waals surface area contributed by atoms with Crippen LogP contribution in [0.2, 0.25) is 0 Å². The molecule has 1 aliphatic rings. The molecule has 66 valence electrons. The van der Waals surface area contributed by atoms with Crippen LogP contribution in [0.25, 0.3) is 0 Å². The summed E-state index contributed by atoms with van der Waals surface area (Å²) in [5.41, 5.74) is 0.0113. The van der Waals surface area contributed by atoms with E-state index >= 15 is 0 Å². The van der Waals surface area contributed by atoms with Crippen LogP contribution in [0.4, 0.5) is 0 Å². The van der Waals surface area contributed by atoms with Gasteiger partial charge in [-0.15, -0.1) is 0 Å². The molecule has 1 aliphatic carbocycles. The maximum atomic E-state index is 5.73. The van der Waals surface area contributed by atoms with Crippen LogP contribution in [0.1, 0.15) is 26.7 Å². The quantitative estimate of drug-likeness (QED) is 0.651. The molecule has 1 N–H and O–H groups in total. The van der Waals surface area contributed by atoms with Crippen LogP contribution < -0.4 is 5.32 Å². The van der Waals surface area contributed by atoms with Gasteiger partial charge in [0.1, 0.15) is 0 Å². The van der Waals surface area contributed by atoms with E-state index in [9.17, 15) is 0 Å². The lowest BCUT2D eigenvalue weighted by Crippen LogP contribution is -2.36. The molecule has 0 saturated heterocycles. The minimum Gasteiger partial charge on any atom is -0.374 e. The second kappa shape index (κ2) is 3.55. The molecule has 0 aromatic heterocycles. The van der Waals surface area contributed by atoms with Crippen LogP contribution >= 0.6 is 0 Å². The number of ether oxygens (including phenoxy) is 1. The van der Waals surface area contributed by atoms with Gasteiger partial charge in [-0.05, 0) is 39.7 Å². The fourth-order valence-corrected chi connectivity index (χ4v) is 1.10. The van der Waals surface area contributed by atoms with E-state index < -0.39 is 0 Å². The number of nitrogens with one attached hydrogen (secondary N) is 1. The minimum absolute atomic E-state index is 0.0113. The van der Waals surface area contributed by atoms with Gasteiger partial charge in [-0.1, -0.05) is 0 Å². The molecule has 1 rings (SSSR count). The van der Waals surface area contributed by atoms with Crippen molar-refractivity contribution in [1.82, 2.24) is 5.32 Å².